The molecule has 0 atom stereocenters. The lowest BCUT2D eigenvalue weighted by molar-refractivity contribution is 0.0600. The molecule has 0 aliphatic carbocycles. The maximum absolute atomic E-state index is 12.4. The Kier molecular flexibility index (Phi) is 5.69. The van der Waals surface area contributed by atoms with E-state index < -0.39 is 16.0 Å². The van der Waals surface area contributed by atoms with Crippen LogP contribution in [-0.4, -0.2) is 28.1 Å². The van der Waals surface area contributed by atoms with Crippen LogP contribution in [0, 0.1) is 0 Å². The molecule has 0 radical (unpaired) electrons. The molecule has 0 saturated heterocycles. The summed E-state index contributed by atoms with van der Waals surface area (Å²) in [6.45, 7) is 2.38. The second-order valence-corrected chi connectivity index (χ2v) is 6.79. The van der Waals surface area contributed by atoms with Crippen LogP contribution < -0.4 is 9.46 Å². The summed E-state index contributed by atoms with van der Waals surface area (Å²) >= 11 is 5.90. The maximum atomic E-state index is 12.4. The predicted octanol–water partition coefficient (Wildman–Crippen LogP) is 3.33. The van der Waals surface area contributed by atoms with Crippen molar-refractivity contribution in [2.75, 3.05) is 18.4 Å². The summed E-state index contributed by atoms with van der Waals surface area (Å²) in [5.41, 5.74) is 0.349. The average Bonchev–Trinajstić information content (AvgIpc) is 2.56. The number of methoxy groups -OCH3 is 1. The fourth-order valence-electron chi connectivity index (χ4n) is 1.94. The van der Waals surface area contributed by atoms with Gasteiger partial charge < -0.3 is 9.47 Å². The van der Waals surface area contributed by atoms with E-state index >= 15 is 0 Å². The Balaban J connectivity index is 2.28. The van der Waals surface area contributed by atoms with Crippen molar-refractivity contribution < 1.29 is 22.7 Å². The average molecular weight is 370 g/mol. The number of rotatable bonds is 6. The minimum absolute atomic E-state index is 0.0197. The molecule has 0 aromatic heterocycles. The summed E-state index contributed by atoms with van der Waals surface area (Å²) < 4.78 is 37.2. The summed E-state index contributed by atoms with van der Waals surface area (Å²) in [5.74, 6) is -0.0713. The summed E-state index contributed by atoms with van der Waals surface area (Å²) in [5, 5.41) is 0.113. The lowest BCUT2D eigenvalue weighted by atomic mass is 10.2. The highest BCUT2D eigenvalue weighted by Crippen LogP contribution is 2.24. The van der Waals surface area contributed by atoms with Gasteiger partial charge in [0.1, 0.15) is 5.75 Å². The first-order chi connectivity index (χ1) is 11.4. The third-order valence-electron chi connectivity index (χ3n) is 3.07. The number of hydrogen-bond donors (Lipinski definition) is 1. The third kappa shape index (κ3) is 4.18. The minimum Gasteiger partial charge on any atom is -0.494 e. The van der Waals surface area contributed by atoms with E-state index in [-0.39, 0.29) is 15.5 Å². The standard InChI is InChI=1S/C16H16ClNO5S/c1-3-23-12-6-4-11(5-7-12)18-24(20,21)13-8-9-15(17)14(10-13)16(19)22-2/h4-10,18H,3H2,1-2H3. The second-order valence-electron chi connectivity index (χ2n) is 4.70. The zero-order valence-electron chi connectivity index (χ0n) is 13.1. The van der Waals surface area contributed by atoms with Crippen molar-refractivity contribution in [3.05, 3.63) is 53.1 Å². The first-order valence-corrected chi connectivity index (χ1v) is 8.87. The van der Waals surface area contributed by atoms with Gasteiger partial charge in [0.05, 0.1) is 29.2 Å². The zero-order chi connectivity index (χ0) is 17.7. The van der Waals surface area contributed by atoms with Crippen molar-refractivity contribution in [3.8, 4) is 5.75 Å². The highest BCUT2D eigenvalue weighted by atomic mass is 35.5. The molecule has 2 rings (SSSR count). The number of esters is 1. The monoisotopic (exact) mass is 369 g/mol. The SMILES string of the molecule is CCOc1ccc(NS(=O)(=O)c2ccc(Cl)c(C(=O)OC)c2)cc1. The van der Waals surface area contributed by atoms with Crippen LogP contribution in [0.25, 0.3) is 0 Å². The molecular weight excluding hydrogens is 354 g/mol. The van der Waals surface area contributed by atoms with Crippen molar-refractivity contribution in [2.45, 2.75) is 11.8 Å². The molecule has 0 fully saturated rings. The molecule has 0 bridgehead atoms. The second kappa shape index (κ2) is 7.55. The molecule has 1 N–H and O–H groups in total. The summed E-state index contributed by atoms with van der Waals surface area (Å²) in [6, 6.07) is 10.3. The molecule has 0 spiro atoms. The first-order valence-electron chi connectivity index (χ1n) is 7.01. The van der Waals surface area contributed by atoms with Crippen LogP contribution in [0.3, 0.4) is 0 Å². The van der Waals surface area contributed by atoms with Gasteiger partial charge >= 0.3 is 5.97 Å². The van der Waals surface area contributed by atoms with Crippen LogP contribution in [0.2, 0.25) is 5.02 Å². The molecule has 128 valence electrons. The lowest BCUT2D eigenvalue weighted by Crippen LogP contribution is -2.14. The molecule has 2 aromatic rings. The molecule has 6 nitrogen and oxygen atoms in total. The number of carbonyl (C=O) groups is 1. The molecule has 2 aromatic carbocycles. The third-order valence-corrected chi connectivity index (χ3v) is 4.78. The van der Waals surface area contributed by atoms with Crippen molar-refractivity contribution in [1.29, 1.82) is 0 Å². The van der Waals surface area contributed by atoms with Gasteiger partial charge in [-0.3, -0.25) is 4.72 Å². The van der Waals surface area contributed by atoms with Gasteiger partial charge in [0, 0.05) is 5.69 Å². The van der Waals surface area contributed by atoms with E-state index in [2.05, 4.69) is 9.46 Å². The molecule has 0 unspecified atom stereocenters. The number of hydrogen-bond acceptors (Lipinski definition) is 5. The van der Waals surface area contributed by atoms with Crippen LogP contribution >= 0.6 is 11.6 Å². The fraction of sp³-hybridized carbons (Fsp3) is 0.188. The van der Waals surface area contributed by atoms with Crippen LogP contribution in [0.4, 0.5) is 5.69 Å². The van der Waals surface area contributed by atoms with E-state index in [9.17, 15) is 13.2 Å². The molecule has 0 heterocycles. The predicted molar refractivity (Wildman–Crippen MR) is 91.2 cm³/mol. The Hall–Kier alpha value is -2.25. The van der Waals surface area contributed by atoms with Gasteiger partial charge in [-0.25, -0.2) is 13.2 Å². The smallest absolute Gasteiger partial charge is 0.339 e. The summed E-state index contributed by atoms with van der Waals surface area (Å²) in [4.78, 5) is 11.5. The number of anilines is 1. The van der Waals surface area contributed by atoms with Crippen LogP contribution in [0.1, 0.15) is 17.3 Å². The van der Waals surface area contributed by atoms with E-state index in [1.54, 1.807) is 24.3 Å². The van der Waals surface area contributed by atoms with Crippen LogP contribution in [0.15, 0.2) is 47.4 Å². The highest BCUT2D eigenvalue weighted by Gasteiger charge is 2.19. The summed E-state index contributed by atoms with van der Waals surface area (Å²) in [6.07, 6.45) is 0. The van der Waals surface area contributed by atoms with Gasteiger partial charge in [-0.05, 0) is 49.4 Å². The molecule has 24 heavy (non-hydrogen) atoms. The quantitative estimate of drug-likeness (QED) is 0.790. The lowest BCUT2D eigenvalue weighted by Gasteiger charge is -2.10. The molecule has 0 aliphatic rings. The molecular formula is C16H16ClNO5S. The van der Waals surface area contributed by atoms with Crippen molar-refractivity contribution in [2.24, 2.45) is 0 Å². The Bertz CT molecular complexity index is 834. The van der Waals surface area contributed by atoms with Gasteiger partial charge in [-0.15, -0.1) is 0 Å². The van der Waals surface area contributed by atoms with Gasteiger partial charge in [0.25, 0.3) is 10.0 Å². The van der Waals surface area contributed by atoms with Crippen molar-refractivity contribution >= 4 is 33.3 Å². The molecule has 0 saturated carbocycles. The number of halogens is 1. The largest absolute Gasteiger partial charge is 0.494 e. The number of sulfonamides is 1. The topological polar surface area (TPSA) is 81.7 Å². The molecule has 8 heteroatoms. The number of nitrogens with one attached hydrogen (secondary N) is 1. The maximum Gasteiger partial charge on any atom is 0.339 e. The minimum atomic E-state index is -3.88. The Morgan fingerprint density at radius 3 is 2.42 bits per heavy atom. The van der Waals surface area contributed by atoms with Gasteiger partial charge in [0.2, 0.25) is 0 Å². The Labute approximate surface area is 145 Å². The van der Waals surface area contributed by atoms with Crippen molar-refractivity contribution in [1.82, 2.24) is 0 Å². The van der Waals surface area contributed by atoms with Crippen LogP contribution in [-0.2, 0) is 14.8 Å². The van der Waals surface area contributed by atoms with E-state index in [1.807, 2.05) is 6.92 Å². The molecule has 0 aliphatic heterocycles. The van der Waals surface area contributed by atoms with E-state index in [0.29, 0.717) is 18.0 Å². The number of benzene rings is 2. The Morgan fingerprint density at radius 1 is 1.17 bits per heavy atom. The zero-order valence-corrected chi connectivity index (χ0v) is 14.6. The van der Waals surface area contributed by atoms with Gasteiger partial charge in [-0.1, -0.05) is 11.6 Å². The normalized spacial score (nSPS) is 11.0. The molecule has 0 amide bonds. The van der Waals surface area contributed by atoms with Gasteiger partial charge in [-0.2, -0.15) is 0 Å². The number of ether oxygens (including phenoxy) is 2. The van der Waals surface area contributed by atoms with Crippen LogP contribution in [0.5, 0.6) is 5.75 Å². The van der Waals surface area contributed by atoms with E-state index in [4.69, 9.17) is 16.3 Å². The van der Waals surface area contributed by atoms with Crippen molar-refractivity contribution in [3.63, 3.8) is 0 Å². The number of carbonyl (C=O) groups excluding carboxylic acids is 1. The summed E-state index contributed by atoms with van der Waals surface area (Å²) in [7, 11) is -2.68. The Morgan fingerprint density at radius 2 is 1.83 bits per heavy atom. The first kappa shape index (κ1) is 18.1. The van der Waals surface area contributed by atoms with Gasteiger partial charge in [0.15, 0.2) is 0 Å². The van der Waals surface area contributed by atoms with E-state index in [1.165, 1.54) is 25.3 Å². The van der Waals surface area contributed by atoms with E-state index in [0.717, 1.165) is 0 Å². The fourth-order valence-corrected chi connectivity index (χ4v) is 3.22. The highest BCUT2D eigenvalue weighted by molar-refractivity contribution is 7.92.